The highest BCUT2D eigenvalue weighted by molar-refractivity contribution is 5.91. The van der Waals surface area contributed by atoms with Crippen LogP contribution in [0.3, 0.4) is 0 Å². The zero-order chi connectivity index (χ0) is 15.5. The molecule has 0 radical (unpaired) electrons. The van der Waals surface area contributed by atoms with Crippen LogP contribution in [0.15, 0.2) is 11.6 Å². The van der Waals surface area contributed by atoms with E-state index in [-0.39, 0.29) is 0 Å². The molecule has 4 unspecified atom stereocenters. The van der Waals surface area contributed by atoms with Gasteiger partial charge in [-0.15, -0.1) is 0 Å². The maximum atomic E-state index is 11.9. The lowest BCUT2D eigenvalue weighted by molar-refractivity contribution is -0.117. The summed E-state index contributed by atoms with van der Waals surface area (Å²) in [6, 6.07) is 0. The Bertz CT molecular complexity index is 518. The molecule has 0 heterocycles. The normalized spacial score (nSPS) is 50.9. The van der Waals surface area contributed by atoms with Crippen molar-refractivity contribution in [1.29, 1.82) is 0 Å². The van der Waals surface area contributed by atoms with Gasteiger partial charge >= 0.3 is 0 Å². The van der Waals surface area contributed by atoms with Gasteiger partial charge in [-0.05, 0) is 85.5 Å². The molecule has 0 saturated heterocycles. The van der Waals surface area contributed by atoms with Gasteiger partial charge in [0.05, 0.1) is 0 Å². The molecule has 0 aromatic carbocycles. The molecule has 0 amide bonds. The number of carbonyl (C=O) groups is 1. The minimum absolute atomic E-state index is 0.350. The average Bonchev–Trinajstić information content (AvgIpc) is 2.84. The van der Waals surface area contributed by atoms with Crippen molar-refractivity contribution in [3.63, 3.8) is 0 Å². The predicted octanol–water partition coefficient (Wildman–Crippen LogP) is 5.54. The third-order valence-corrected chi connectivity index (χ3v) is 8.65. The summed E-state index contributed by atoms with van der Waals surface area (Å²) >= 11 is 0. The molecular formula is C21H32O. The lowest BCUT2D eigenvalue weighted by atomic mass is 9.47. The Balaban J connectivity index is 1.67. The monoisotopic (exact) mass is 300 g/mol. The molecule has 0 bridgehead atoms. The van der Waals surface area contributed by atoms with E-state index in [1.807, 2.05) is 6.08 Å². The fourth-order valence-corrected chi connectivity index (χ4v) is 7.34. The van der Waals surface area contributed by atoms with Crippen molar-refractivity contribution >= 4 is 5.78 Å². The molecule has 0 aliphatic heterocycles. The Morgan fingerprint density at radius 2 is 1.86 bits per heavy atom. The zero-order valence-electron chi connectivity index (χ0n) is 14.7. The van der Waals surface area contributed by atoms with E-state index < -0.39 is 0 Å². The zero-order valence-corrected chi connectivity index (χ0v) is 14.7. The van der Waals surface area contributed by atoms with E-state index >= 15 is 0 Å². The highest BCUT2D eigenvalue weighted by atomic mass is 16.1. The van der Waals surface area contributed by atoms with E-state index in [1.165, 1.54) is 50.5 Å². The molecule has 4 aliphatic carbocycles. The topological polar surface area (TPSA) is 17.1 Å². The van der Waals surface area contributed by atoms with Crippen molar-refractivity contribution in [3.05, 3.63) is 11.6 Å². The highest BCUT2D eigenvalue weighted by Crippen LogP contribution is 2.66. The molecule has 3 saturated carbocycles. The van der Waals surface area contributed by atoms with Gasteiger partial charge in [-0.2, -0.15) is 0 Å². The van der Waals surface area contributed by atoms with Crippen molar-refractivity contribution in [2.45, 2.75) is 78.6 Å². The summed E-state index contributed by atoms with van der Waals surface area (Å²) in [6.07, 6.45) is 13.7. The van der Waals surface area contributed by atoms with Crippen LogP contribution in [0.25, 0.3) is 0 Å². The molecule has 4 rings (SSSR count). The Morgan fingerprint density at radius 3 is 2.64 bits per heavy atom. The minimum atomic E-state index is 0.350. The van der Waals surface area contributed by atoms with Gasteiger partial charge in [0, 0.05) is 6.42 Å². The molecule has 0 aromatic rings. The van der Waals surface area contributed by atoms with Gasteiger partial charge < -0.3 is 0 Å². The molecule has 3 fully saturated rings. The van der Waals surface area contributed by atoms with Crippen molar-refractivity contribution in [2.24, 2.45) is 34.5 Å². The van der Waals surface area contributed by atoms with Crippen molar-refractivity contribution < 1.29 is 4.79 Å². The van der Waals surface area contributed by atoms with Gasteiger partial charge in [0.1, 0.15) is 0 Å². The Labute approximate surface area is 135 Å². The fraction of sp³-hybridized carbons (Fsp3) is 0.857. The first-order chi connectivity index (χ1) is 10.5. The van der Waals surface area contributed by atoms with Crippen LogP contribution in [0, 0.1) is 34.5 Å². The summed E-state index contributed by atoms with van der Waals surface area (Å²) in [6.45, 7) is 7.52. The van der Waals surface area contributed by atoms with E-state index in [1.54, 1.807) is 0 Å². The third-order valence-electron chi connectivity index (χ3n) is 8.65. The van der Waals surface area contributed by atoms with Crippen molar-refractivity contribution in [3.8, 4) is 0 Å². The molecule has 1 heteroatoms. The van der Waals surface area contributed by atoms with Gasteiger partial charge in [0.15, 0.2) is 5.78 Å². The number of ketones is 1. The van der Waals surface area contributed by atoms with Gasteiger partial charge in [-0.3, -0.25) is 4.79 Å². The molecule has 122 valence electrons. The number of rotatable bonds is 1. The Hall–Kier alpha value is -0.590. The van der Waals surface area contributed by atoms with Crippen LogP contribution < -0.4 is 0 Å². The highest BCUT2D eigenvalue weighted by Gasteiger charge is 2.58. The van der Waals surface area contributed by atoms with Crippen LogP contribution in [0.1, 0.15) is 78.6 Å². The summed E-state index contributed by atoms with van der Waals surface area (Å²) in [7, 11) is 0. The quantitative estimate of drug-likeness (QED) is 0.621. The van der Waals surface area contributed by atoms with Crippen LogP contribution in [0.5, 0.6) is 0 Å². The van der Waals surface area contributed by atoms with E-state index in [0.717, 1.165) is 36.5 Å². The molecular weight excluding hydrogens is 268 g/mol. The van der Waals surface area contributed by atoms with Crippen LogP contribution >= 0.6 is 0 Å². The van der Waals surface area contributed by atoms with Crippen LogP contribution in [0.2, 0.25) is 0 Å². The SMILES string of the molecule is CCC1CCC2C3CCC4=CC(=O)CC[C@]4(C)C3CC[C@]12C. The largest absolute Gasteiger partial charge is 0.295 e. The van der Waals surface area contributed by atoms with Gasteiger partial charge in [-0.1, -0.05) is 32.8 Å². The summed E-state index contributed by atoms with van der Waals surface area (Å²) < 4.78 is 0. The predicted molar refractivity (Wildman–Crippen MR) is 90.5 cm³/mol. The Kier molecular flexibility index (Phi) is 3.37. The number of hydrogen-bond acceptors (Lipinski definition) is 1. The number of hydrogen-bond donors (Lipinski definition) is 0. The lowest BCUT2D eigenvalue weighted by Crippen LogP contribution is -2.50. The second-order valence-corrected chi connectivity index (χ2v) is 9.20. The van der Waals surface area contributed by atoms with Crippen LogP contribution in [0.4, 0.5) is 0 Å². The molecule has 0 N–H and O–H groups in total. The average molecular weight is 300 g/mol. The number of carbonyl (C=O) groups excluding carboxylic acids is 1. The Morgan fingerprint density at radius 1 is 1.05 bits per heavy atom. The summed E-state index contributed by atoms with van der Waals surface area (Å²) in [5.41, 5.74) is 2.49. The van der Waals surface area contributed by atoms with Crippen LogP contribution in [-0.2, 0) is 4.79 Å². The molecule has 6 atom stereocenters. The summed E-state index contributed by atoms with van der Waals surface area (Å²) in [5, 5.41) is 0. The van der Waals surface area contributed by atoms with Crippen LogP contribution in [-0.4, -0.2) is 5.78 Å². The first-order valence-electron chi connectivity index (χ1n) is 9.73. The smallest absolute Gasteiger partial charge is 0.155 e. The standard InChI is InChI=1S/C21H32O/c1-4-14-6-8-18-17-7-5-15-13-16(22)9-11-21(15,3)19(17)10-12-20(14,18)2/h13-14,17-19H,4-12H2,1-3H3/t14?,17?,18?,19?,20-,21+/m1/s1. The third kappa shape index (κ3) is 1.86. The maximum Gasteiger partial charge on any atom is 0.155 e. The van der Waals surface area contributed by atoms with E-state index in [0.29, 0.717) is 16.6 Å². The maximum absolute atomic E-state index is 11.9. The second kappa shape index (κ2) is 4.95. The number of allylic oxidation sites excluding steroid dienone is 1. The van der Waals surface area contributed by atoms with E-state index in [9.17, 15) is 4.79 Å². The molecule has 1 nitrogen and oxygen atoms in total. The van der Waals surface area contributed by atoms with Crippen molar-refractivity contribution in [1.82, 2.24) is 0 Å². The summed E-state index contributed by atoms with van der Waals surface area (Å²) in [4.78, 5) is 11.9. The van der Waals surface area contributed by atoms with Gasteiger partial charge in [0.2, 0.25) is 0 Å². The molecule has 0 aromatic heterocycles. The first kappa shape index (κ1) is 15.0. The number of fused-ring (bicyclic) bond motifs is 5. The first-order valence-corrected chi connectivity index (χ1v) is 9.73. The molecule has 4 aliphatic rings. The van der Waals surface area contributed by atoms with Gasteiger partial charge in [0.25, 0.3) is 0 Å². The minimum Gasteiger partial charge on any atom is -0.295 e. The molecule has 22 heavy (non-hydrogen) atoms. The lowest BCUT2D eigenvalue weighted by Gasteiger charge is -2.58. The van der Waals surface area contributed by atoms with Gasteiger partial charge in [-0.25, -0.2) is 0 Å². The molecule has 0 spiro atoms. The van der Waals surface area contributed by atoms with E-state index in [4.69, 9.17) is 0 Å². The summed E-state index contributed by atoms with van der Waals surface area (Å²) in [5.74, 6) is 4.11. The van der Waals surface area contributed by atoms with E-state index in [2.05, 4.69) is 20.8 Å². The fourth-order valence-electron chi connectivity index (χ4n) is 7.34. The van der Waals surface area contributed by atoms with Crippen molar-refractivity contribution in [2.75, 3.05) is 0 Å². The second-order valence-electron chi connectivity index (χ2n) is 9.20.